The fourth-order valence-corrected chi connectivity index (χ4v) is 4.32. The van der Waals surface area contributed by atoms with Gasteiger partial charge in [-0.05, 0) is 48.5 Å². The maximum atomic E-state index is 13.3. The first-order valence-corrected chi connectivity index (χ1v) is 12.9. The molecular formula is C27H22BrClFN5O5. The number of anilines is 1. The summed E-state index contributed by atoms with van der Waals surface area (Å²) in [4.78, 5) is 41.3. The molecule has 0 aliphatic carbocycles. The van der Waals surface area contributed by atoms with Crippen molar-refractivity contribution in [2.24, 2.45) is 5.10 Å². The van der Waals surface area contributed by atoms with Crippen molar-refractivity contribution in [2.75, 3.05) is 11.9 Å². The van der Waals surface area contributed by atoms with Crippen LogP contribution in [0.3, 0.4) is 0 Å². The van der Waals surface area contributed by atoms with Crippen molar-refractivity contribution in [3.63, 3.8) is 0 Å². The Labute approximate surface area is 240 Å². The summed E-state index contributed by atoms with van der Waals surface area (Å²) >= 11 is 9.66. The number of amides is 1. The van der Waals surface area contributed by atoms with E-state index < -0.39 is 39.9 Å². The van der Waals surface area contributed by atoms with Crippen molar-refractivity contribution in [3.05, 3.63) is 102 Å². The molecule has 0 spiro atoms. The molecule has 10 nitrogen and oxygen atoms in total. The molecule has 40 heavy (non-hydrogen) atoms. The Bertz CT molecular complexity index is 1720. The van der Waals surface area contributed by atoms with Crippen LogP contribution in [-0.2, 0) is 10.2 Å². The van der Waals surface area contributed by atoms with Gasteiger partial charge in [-0.2, -0.15) is 9.78 Å². The second-order valence-electron chi connectivity index (χ2n) is 9.66. The average molecular weight is 631 g/mol. The minimum absolute atomic E-state index is 0.144. The van der Waals surface area contributed by atoms with E-state index in [-0.39, 0.29) is 16.3 Å². The van der Waals surface area contributed by atoms with E-state index in [1.165, 1.54) is 36.5 Å². The highest BCUT2D eigenvalue weighted by Gasteiger charge is 2.24. The largest absolute Gasteiger partial charge is 0.476 e. The number of aromatic nitrogens is 2. The van der Waals surface area contributed by atoms with E-state index in [2.05, 4.69) is 31.3 Å². The predicted molar refractivity (Wildman–Crippen MR) is 154 cm³/mol. The number of ether oxygens (including phenoxy) is 1. The highest BCUT2D eigenvalue weighted by atomic mass is 79.9. The van der Waals surface area contributed by atoms with Crippen LogP contribution >= 0.6 is 27.5 Å². The first-order chi connectivity index (χ1) is 18.8. The van der Waals surface area contributed by atoms with Gasteiger partial charge in [0.2, 0.25) is 5.75 Å². The monoisotopic (exact) mass is 629 g/mol. The molecular weight excluding hydrogens is 609 g/mol. The Kier molecular flexibility index (Phi) is 8.31. The summed E-state index contributed by atoms with van der Waals surface area (Å²) in [5.74, 6) is -1.03. The number of carbonyl (C=O) groups is 1. The Morgan fingerprint density at radius 3 is 2.58 bits per heavy atom. The van der Waals surface area contributed by atoms with E-state index in [1.807, 2.05) is 20.8 Å². The van der Waals surface area contributed by atoms with Crippen LogP contribution < -0.4 is 15.6 Å². The molecule has 0 fully saturated rings. The van der Waals surface area contributed by atoms with E-state index in [9.17, 15) is 24.1 Å². The lowest BCUT2D eigenvalue weighted by molar-refractivity contribution is -0.385. The van der Waals surface area contributed by atoms with Gasteiger partial charge in [-0.25, -0.2) is 9.37 Å². The van der Waals surface area contributed by atoms with Crippen LogP contribution in [0.2, 0.25) is 5.02 Å². The Morgan fingerprint density at radius 1 is 1.23 bits per heavy atom. The fraction of sp³-hybridized carbons (Fsp3) is 0.185. The molecule has 0 aliphatic rings. The van der Waals surface area contributed by atoms with Crippen LogP contribution in [0.25, 0.3) is 10.9 Å². The molecule has 0 radical (unpaired) electrons. The summed E-state index contributed by atoms with van der Waals surface area (Å²) in [6.07, 6.45) is 1.26. The molecule has 0 saturated carbocycles. The van der Waals surface area contributed by atoms with Gasteiger partial charge in [-0.15, -0.1) is 0 Å². The number of hydrogen-bond acceptors (Lipinski definition) is 7. The summed E-state index contributed by atoms with van der Waals surface area (Å²) < 4.78 is 20.3. The van der Waals surface area contributed by atoms with E-state index in [1.54, 1.807) is 18.2 Å². The lowest BCUT2D eigenvalue weighted by atomic mass is 9.95. The van der Waals surface area contributed by atoms with Crippen molar-refractivity contribution in [1.82, 2.24) is 9.66 Å². The molecule has 4 rings (SSSR count). The minimum Gasteiger partial charge on any atom is -0.476 e. The van der Waals surface area contributed by atoms with Crippen LogP contribution in [-0.4, -0.2) is 33.3 Å². The van der Waals surface area contributed by atoms with E-state index >= 15 is 0 Å². The molecule has 206 valence electrons. The van der Waals surface area contributed by atoms with Gasteiger partial charge in [-0.3, -0.25) is 19.7 Å². The number of rotatable bonds is 7. The molecule has 0 atom stereocenters. The normalized spacial score (nSPS) is 11.7. The summed E-state index contributed by atoms with van der Waals surface area (Å²) in [5.41, 5.74) is -0.447. The third kappa shape index (κ3) is 6.52. The molecule has 1 heterocycles. The molecule has 3 aromatic carbocycles. The number of nitrogens with one attached hydrogen (secondary N) is 1. The Morgan fingerprint density at radius 2 is 1.93 bits per heavy atom. The first kappa shape index (κ1) is 28.8. The van der Waals surface area contributed by atoms with Crippen molar-refractivity contribution < 1.29 is 18.8 Å². The fourth-order valence-electron chi connectivity index (χ4n) is 3.69. The van der Waals surface area contributed by atoms with Crippen LogP contribution in [0, 0.1) is 15.9 Å². The number of nitro groups is 1. The topological polar surface area (TPSA) is 129 Å². The summed E-state index contributed by atoms with van der Waals surface area (Å²) in [6.45, 7) is 5.05. The Balaban J connectivity index is 1.65. The lowest BCUT2D eigenvalue weighted by Gasteiger charge is -2.20. The van der Waals surface area contributed by atoms with Gasteiger partial charge in [0, 0.05) is 27.2 Å². The minimum atomic E-state index is -0.710. The maximum absolute atomic E-state index is 13.3. The lowest BCUT2D eigenvalue weighted by Crippen LogP contribution is -2.29. The van der Waals surface area contributed by atoms with E-state index in [4.69, 9.17) is 16.3 Å². The van der Waals surface area contributed by atoms with Gasteiger partial charge < -0.3 is 10.1 Å². The quantitative estimate of drug-likeness (QED) is 0.150. The van der Waals surface area contributed by atoms with Crippen LogP contribution in [0.1, 0.15) is 32.2 Å². The SMILES string of the molecule is CC(C)(C)c1nc2ccc(Br)cc2c(=O)n1N=Cc1cc(Cl)c(OCC(=O)Nc2ccc(F)cc2)c([N+](=O)[O-])c1. The number of nitrogens with zero attached hydrogens (tertiary/aromatic N) is 4. The first-order valence-electron chi connectivity index (χ1n) is 11.8. The van der Waals surface area contributed by atoms with Crippen molar-refractivity contribution in [1.29, 1.82) is 0 Å². The van der Waals surface area contributed by atoms with E-state index in [0.29, 0.717) is 26.9 Å². The zero-order chi connectivity index (χ0) is 29.2. The van der Waals surface area contributed by atoms with Gasteiger partial charge in [0.1, 0.15) is 11.6 Å². The van der Waals surface area contributed by atoms with Gasteiger partial charge in [0.15, 0.2) is 6.61 Å². The van der Waals surface area contributed by atoms with Crippen LogP contribution in [0.4, 0.5) is 15.8 Å². The van der Waals surface area contributed by atoms with Crippen molar-refractivity contribution in [2.45, 2.75) is 26.2 Å². The van der Waals surface area contributed by atoms with Gasteiger partial charge in [0.05, 0.1) is 27.1 Å². The summed E-state index contributed by atoms with van der Waals surface area (Å²) in [6, 6.07) is 12.7. The summed E-state index contributed by atoms with van der Waals surface area (Å²) in [5, 5.41) is 18.8. The van der Waals surface area contributed by atoms with Gasteiger partial charge in [-0.1, -0.05) is 48.3 Å². The smallest absolute Gasteiger partial charge is 0.313 e. The Hall–Kier alpha value is -4.16. The summed E-state index contributed by atoms with van der Waals surface area (Å²) in [7, 11) is 0. The third-order valence-corrected chi connectivity index (χ3v) is 6.29. The molecule has 1 N–H and O–H groups in total. The molecule has 4 aromatic rings. The molecule has 0 saturated heterocycles. The predicted octanol–water partition coefficient (Wildman–Crippen LogP) is 6.06. The molecule has 1 aromatic heterocycles. The molecule has 0 unspecified atom stereocenters. The number of halogens is 3. The molecule has 13 heteroatoms. The second-order valence-corrected chi connectivity index (χ2v) is 11.0. The van der Waals surface area contributed by atoms with Gasteiger partial charge in [0.25, 0.3) is 11.5 Å². The standard InChI is InChI=1S/C27H22BrClFN5O5/c1-27(2,3)26-33-21-9-4-16(28)12-19(21)25(37)34(26)31-13-15-10-20(29)24(22(11-15)35(38)39)40-14-23(36)32-18-7-5-17(30)6-8-18/h4-13H,14H2,1-3H3,(H,32,36). The number of nitro benzene ring substituents is 1. The number of hydrogen-bond donors (Lipinski definition) is 1. The van der Waals surface area contributed by atoms with Crippen molar-refractivity contribution >= 4 is 61.9 Å². The van der Waals surface area contributed by atoms with Crippen LogP contribution in [0.15, 0.2) is 69.0 Å². The average Bonchev–Trinajstić information content (AvgIpc) is 2.88. The zero-order valence-corrected chi connectivity index (χ0v) is 23.8. The molecule has 1 amide bonds. The van der Waals surface area contributed by atoms with Crippen molar-refractivity contribution in [3.8, 4) is 5.75 Å². The highest BCUT2D eigenvalue weighted by molar-refractivity contribution is 9.10. The zero-order valence-electron chi connectivity index (χ0n) is 21.4. The number of fused-ring (bicyclic) bond motifs is 1. The molecule has 0 bridgehead atoms. The highest BCUT2D eigenvalue weighted by Crippen LogP contribution is 2.36. The molecule has 0 aliphatic heterocycles. The number of benzene rings is 3. The van der Waals surface area contributed by atoms with Gasteiger partial charge >= 0.3 is 5.69 Å². The number of carbonyl (C=O) groups excluding carboxylic acids is 1. The maximum Gasteiger partial charge on any atom is 0.313 e. The third-order valence-electron chi connectivity index (χ3n) is 5.52. The van der Waals surface area contributed by atoms with Crippen LogP contribution in [0.5, 0.6) is 5.75 Å². The second kappa shape index (κ2) is 11.5. The van der Waals surface area contributed by atoms with E-state index in [0.717, 1.165) is 10.7 Å².